The van der Waals surface area contributed by atoms with Gasteiger partial charge in [-0.05, 0) is 42.8 Å². The van der Waals surface area contributed by atoms with Gasteiger partial charge in [0.25, 0.3) is 0 Å². The number of aromatic nitrogens is 3. The van der Waals surface area contributed by atoms with Crippen LogP contribution in [-0.4, -0.2) is 33.4 Å². The number of para-hydroxylation sites is 1. The summed E-state index contributed by atoms with van der Waals surface area (Å²) >= 11 is 1.38. The van der Waals surface area contributed by atoms with Crippen molar-refractivity contribution in [2.24, 2.45) is 0 Å². The maximum atomic E-state index is 12.3. The zero-order valence-corrected chi connectivity index (χ0v) is 14.3. The van der Waals surface area contributed by atoms with E-state index in [9.17, 15) is 4.79 Å². The average Bonchev–Trinajstić information content (AvgIpc) is 3.08. The summed E-state index contributed by atoms with van der Waals surface area (Å²) in [7, 11) is 1.60. The van der Waals surface area contributed by atoms with Gasteiger partial charge in [0, 0.05) is 5.56 Å². The van der Waals surface area contributed by atoms with Crippen LogP contribution in [0.5, 0.6) is 5.75 Å². The van der Waals surface area contributed by atoms with E-state index >= 15 is 0 Å². The Morgan fingerprint density at radius 1 is 1.17 bits per heavy atom. The molecule has 1 aromatic heterocycles. The van der Waals surface area contributed by atoms with Crippen molar-refractivity contribution >= 4 is 17.5 Å². The summed E-state index contributed by atoms with van der Waals surface area (Å²) in [6.07, 6.45) is 1.67. The predicted molar refractivity (Wildman–Crippen MR) is 94.1 cm³/mol. The molecule has 0 saturated heterocycles. The first-order valence-electron chi connectivity index (χ1n) is 7.45. The van der Waals surface area contributed by atoms with Crippen LogP contribution in [0.2, 0.25) is 0 Å². The number of hydrogen-bond acceptors (Lipinski definition) is 5. The Bertz CT molecular complexity index is 843. The minimum Gasteiger partial charge on any atom is -0.497 e. The Morgan fingerprint density at radius 2 is 1.92 bits per heavy atom. The molecule has 122 valence electrons. The van der Waals surface area contributed by atoms with Gasteiger partial charge in [-0.25, -0.2) is 0 Å². The summed E-state index contributed by atoms with van der Waals surface area (Å²) in [6, 6.07) is 15.1. The normalized spacial score (nSPS) is 10.6. The van der Waals surface area contributed by atoms with E-state index in [1.807, 2.05) is 35.8 Å². The number of carbonyl (C=O) groups excluding carboxylic acids is 1. The Morgan fingerprint density at radius 3 is 2.62 bits per heavy atom. The van der Waals surface area contributed by atoms with Crippen LogP contribution in [-0.2, 0) is 0 Å². The third kappa shape index (κ3) is 3.49. The number of carbonyl (C=O) groups is 1. The van der Waals surface area contributed by atoms with Crippen LogP contribution in [0.1, 0.15) is 15.9 Å². The van der Waals surface area contributed by atoms with Crippen molar-refractivity contribution in [1.82, 2.24) is 14.8 Å². The molecule has 3 rings (SSSR count). The number of nitrogens with zero attached hydrogens (tertiary/aromatic N) is 3. The Hall–Kier alpha value is -2.60. The first kappa shape index (κ1) is 16.3. The van der Waals surface area contributed by atoms with Gasteiger partial charge in [-0.1, -0.05) is 30.0 Å². The summed E-state index contributed by atoms with van der Waals surface area (Å²) in [6.45, 7) is 2.03. The molecule has 0 atom stereocenters. The SMILES string of the molecule is COc1ccc(C(=O)CSc2nncn2-c2ccccc2C)cc1. The van der Waals surface area contributed by atoms with Gasteiger partial charge in [-0.3, -0.25) is 9.36 Å². The summed E-state index contributed by atoms with van der Waals surface area (Å²) in [5, 5.41) is 8.81. The lowest BCUT2D eigenvalue weighted by atomic mass is 10.1. The smallest absolute Gasteiger partial charge is 0.196 e. The summed E-state index contributed by atoms with van der Waals surface area (Å²) in [5.41, 5.74) is 2.80. The van der Waals surface area contributed by atoms with Crippen LogP contribution in [0.3, 0.4) is 0 Å². The molecule has 0 aliphatic heterocycles. The number of ether oxygens (including phenoxy) is 1. The number of methoxy groups -OCH3 is 1. The number of hydrogen-bond donors (Lipinski definition) is 0. The number of ketones is 1. The molecular formula is C18H17N3O2S. The second-order valence-electron chi connectivity index (χ2n) is 5.21. The van der Waals surface area contributed by atoms with Crippen LogP contribution in [0.4, 0.5) is 0 Å². The van der Waals surface area contributed by atoms with Crippen molar-refractivity contribution < 1.29 is 9.53 Å². The molecular weight excluding hydrogens is 322 g/mol. The number of Topliss-reactive ketones (excluding diaryl/α,β-unsaturated/α-hetero) is 1. The molecule has 0 aliphatic rings. The van der Waals surface area contributed by atoms with Gasteiger partial charge in [0.2, 0.25) is 0 Å². The molecule has 24 heavy (non-hydrogen) atoms. The number of benzene rings is 2. The maximum absolute atomic E-state index is 12.3. The van der Waals surface area contributed by atoms with Gasteiger partial charge in [0.05, 0.1) is 18.6 Å². The average molecular weight is 339 g/mol. The lowest BCUT2D eigenvalue weighted by Gasteiger charge is -2.08. The van der Waals surface area contributed by atoms with E-state index in [0.29, 0.717) is 16.5 Å². The van der Waals surface area contributed by atoms with E-state index in [1.165, 1.54) is 11.8 Å². The van der Waals surface area contributed by atoms with Crippen LogP contribution < -0.4 is 4.74 Å². The zero-order valence-electron chi connectivity index (χ0n) is 13.5. The van der Waals surface area contributed by atoms with Gasteiger partial charge in [0.15, 0.2) is 10.9 Å². The Kier molecular flexibility index (Phi) is 4.96. The molecule has 0 fully saturated rings. The fraction of sp³-hybridized carbons (Fsp3) is 0.167. The monoisotopic (exact) mass is 339 g/mol. The molecule has 0 aliphatic carbocycles. The molecule has 6 heteroatoms. The van der Waals surface area contributed by atoms with Gasteiger partial charge >= 0.3 is 0 Å². The third-order valence-corrected chi connectivity index (χ3v) is 4.58. The largest absolute Gasteiger partial charge is 0.497 e. The van der Waals surface area contributed by atoms with Gasteiger partial charge in [-0.15, -0.1) is 10.2 Å². The first-order chi connectivity index (χ1) is 11.7. The Labute approximate surface area is 144 Å². The standard InChI is InChI=1S/C18H17N3O2S/c1-13-5-3-4-6-16(13)21-12-19-20-18(21)24-11-17(22)14-7-9-15(23-2)10-8-14/h3-10,12H,11H2,1-2H3. The van der Waals surface area contributed by atoms with Crippen molar-refractivity contribution in [1.29, 1.82) is 0 Å². The van der Waals surface area contributed by atoms with Crippen molar-refractivity contribution in [3.63, 3.8) is 0 Å². The molecule has 1 heterocycles. The highest BCUT2D eigenvalue weighted by Gasteiger charge is 2.12. The van der Waals surface area contributed by atoms with E-state index in [4.69, 9.17) is 4.74 Å². The van der Waals surface area contributed by atoms with E-state index in [0.717, 1.165) is 17.0 Å². The highest BCUT2D eigenvalue weighted by atomic mass is 32.2. The van der Waals surface area contributed by atoms with Crippen LogP contribution in [0, 0.1) is 6.92 Å². The summed E-state index contributed by atoms with van der Waals surface area (Å²) < 4.78 is 7.01. The number of rotatable bonds is 6. The molecule has 3 aromatic rings. The Balaban J connectivity index is 1.72. The molecule has 0 unspecified atom stereocenters. The van der Waals surface area contributed by atoms with Crippen molar-refractivity contribution in [3.8, 4) is 11.4 Å². The zero-order chi connectivity index (χ0) is 16.9. The fourth-order valence-electron chi connectivity index (χ4n) is 2.31. The fourth-order valence-corrected chi connectivity index (χ4v) is 3.13. The van der Waals surface area contributed by atoms with E-state index in [1.54, 1.807) is 37.7 Å². The third-order valence-electron chi connectivity index (χ3n) is 3.64. The summed E-state index contributed by atoms with van der Waals surface area (Å²) in [5.74, 6) is 1.08. The lowest BCUT2D eigenvalue weighted by molar-refractivity contribution is 0.102. The van der Waals surface area contributed by atoms with Crippen LogP contribution in [0.25, 0.3) is 5.69 Å². The topological polar surface area (TPSA) is 57.0 Å². The first-order valence-corrected chi connectivity index (χ1v) is 8.43. The molecule has 5 nitrogen and oxygen atoms in total. The molecule has 0 bridgehead atoms. The molecule has 0 radical (unpaired) electrons. The predicted octanol–water partition coefficient (Wildman–Crippen LogP) is 3.56. The van der Waals surface area contributed by atoms with Crippen molar-refractivity contribution in [2.45, 2.75) is 12.1 Å². The van der Waals surface area contributed by atoms with E-state index < -0.39 is 0 Å². The van der Waals surface area contributed by atoms with Crippen molar-refractivity contribution in [2.75, 3.05) is 12.9 Å². The quantitative estimate of drug-likeness (QED) is 0.508. The van der Waals surface area contributed by atoms with E-state index in [-0.39, 0.29) is 5.78 Å². The van der Waals surface area contributed by atoms with Crippen LogP contribution in [0.15, 0.2) is 60.0 Å². The van der Waals surface area contributed by atoms with Gasteiger partial charge in [-0.2, -0.15) is 0 Å². The minimum atomic E-state index is 0.0435. The number of aryl methyl sites for hydroxylation is 1. The highest BCUT2D eigenvalue weighted by molar-refractivity contribution is 7.99. The highest BCUT2D eigenvalue weighted by Crippen LogP contribution is 2.23. The van der Waals surface area contributed by atoms with Crippen molar-refractivity contribution in [3.05, 3.63) is 66.0 Å². The minimum absolute atomic E-state index is 0.0435. The maximum Gasteiger partial charge on any atom is 0.196 e. The molecule has 0 N–H and O–H groups in total. The van der Waals surface area contributed by atoms with Crippen LogP contribution >= 0.6 is 11.8 Å². The lowest BCUT2D eigenvalue weighted by Crippen LogP contribution is -2.04. The van der Waals surface area contributed by atoms with Gasteiger partial charge in [0.1, 0.15) is 12.1 Å². The second kappa shape index (κ2) is 7.31. The van der Waals surface area contributed by atoms with E-state index in [2.05, 4.69) is 10.2 Å². The molecule has 2 aromatic carbocycles. The summed E-state index contributed by atoms with van der Waals surface area (Å²) in [4.78, 5) is 12.3. The molecule has 0 saturated carbocycles. The number of thioether (sulfide) groups is 1. The van der Waals surface area contributed by atoms with Gasteiger partial charge < -0.3 is 4.74 Å². The molecule has 0 amide bonds. The second-order valence-corrected chi connectivity index (χ2v) is 6.15. The molecule has 0 spiro atoms.